The summed E-state index contributed by atoms with van der Waals surface area (Å²) in [5.74, 6) is 1.16. The van der Waals surface area contributed by atoms with Crippen LogP contribution in [0.3, 0.4) is 0 Å². The molecule has 3 rings (SSSR count). The highest BCUT2D eigenvalue weighted by atomic mass is 35.5. The minimum Gasteiger partial charge on any atom is -0.0877 e. The summed E-state index contributed by atoms with van der Waals surface area (Å²) in [4.78, 5) is 0. The molecule has 2 atom stereocenters. The smallest absolute Gasteiger partial charge is 0.0406 e. The molecule has 0 amide bonds. The maximum atomic E-state index is 6.26. The molecule has 1 aliphatic carbocycles. The number of hydrogen-bond donors (Lipinski definition) is 0. The van der Waals surface area contributed by atoms with Crippen LogP contribution < -0.4 is 0 Å². The van der Waals surface area contributed by atoms with Gasteiger partial charge >= 0.3 is 0 Å². The van der Waals surface area contributed by atoms with Crippen molar-refractivity contribution in [2.24, 2.45) is 17.8 Å². The molecule has 0 nitrogen and oxygen atoms in total. The lowest BCUT2D eigenvalue weighted by molar-refractivity contribution is 0.539. The zero-order valence-corrected chi connectivity index (χ0v) is 28.9. The van der Waals surface area contributed by atoms with E-state index in [1.165, 1.54) is 45.4 Å². The Balaban J connectivity index is 2.08. The third-order valence-corrected chi connectivity index (χ3v) is 8.60. The van der Waals surface area contributed by atoms with E-state index >= 15 is 0 Å². The monoisotopic (exact) mass is 604 g/mol. The van der Waals surface area contributed by atoms with Crippen LogP contribution in [0.15, 0.2) is 132 Å². The predicted molar refractivity (Wildman–Crippen MR) is 198 cm³/mol. The highest BCUT2D eigenvalue weighted by molar-refractivity contribution is 6.30. The van der Waals surface area contributed by atoms with Gasteiger partial charge in [0.05, 0.1) is 0 Å². The first kappa shape index (κ1) is 35.1. The van der Waals surface area contributed by atoms with Gasteiger partial charge in [0, 0.05) is 10.9 Å². The standard InChI is InChI=1S/C43H53Cl/c1-8-12-14-20-38(41(10-3)36-25-27-40(44)28-26-36)31-39(29-32(5)6)33(7)30-43(35-18-15-13-16-19-35)42(11-4)37-23-21-34(17-9-2)22-24-37/h8,10-15,18,20-29,31-33,43H,9,16-17,19,30H2,1-7H3/b12-8-,20-14-,38-31-,39-29?,41-10-,42-11-. The lowest BCUT2D eigenvalue weighted by Gasteiger charge is -2.29. The van der Waals surface area contributed by atoms with E-state index in [0.717, 1.165) is 30.7 Å². The molecule has 2 unspecified atom stereocenters. The van der Waals surface area contributed by atoms with Crippen LogP contribution in [-0.4, -0.2) is 0 Å². The van der Waals surface area contributed by atoms with Crippen molar-refractivity contribution in [2.45, 2.75) is 80.6 Å². The molecule has 232 valence electrons. The summed E-state index contributed by atoms with van der Waals surface area (Å²) in [6.45, 7) is 15.6. The first-order valence-electron chi connectivity index (χ1n) is 16.6. The molecule has 1 heteroatoms. The second-order valence-corrected chi connectivity index (χ2v) is 12.6. The van der Waals surface area contributed by atoms with Crippen molar-refractivity contribution in [3.8, 4) is 0 Å². The van der Waals surface area contributed by atoms with Crippen molar-refractivity contribution in [3.05, 3.63) is 154 Å². The summed E-state index contributed by atoms with van der Waals surface area (Å²) in [5, 5.41) is 0.755. The van der Waals surface area contributed by atoms with E-state index < -0.39 is 0 Å². The minimum atomic E-state index is 0.358. The molecule has 2 aromatic carbocycles. The fourth-order valence-corrected chi connectivity index (χ4v) is 6.26. The van der Waals surface area contributed by atoms with Crippen molar-refractivity contribution < 1.29 is 0 Å². The average Bonchev–Trinajstić information content (AvgIpc) is 3.02. The largest absolute Gasteiger partial charge is 0.0877 e. The van der Waals surface area contributed by atoms with Crippen molar-refractivity contribution in [1.29, 1.82) is 0 Å². The second kappa shape index (κ2) is 18.5. The zero-order valence-electron chi connectivity index (χ0n) is 28.1. The van der Waals surface area contributed by atoms with Crippen LogP contribution in [0, 0.1) is 17.8 Å². The third-order valence-electron chi connectivity index (χ3n) is 8.35. The highest BCUT2D eigenvalue weighted by Gasteiger charge is 2.24. The highest BCUT2D eigenvalue weighted by Crippen LogP contribution is 2.40. The van der Waals surface area contributed by atoms with Gasteiger partial charge in [0.1, 0.15) is 0 Å². The molecular weight excluding hydrogens is 552 g/mol. The van der Waals surface area contributed by atoms with Gasteiger partial charge in [-0.1, -0.05) is 155 Å². The average molecular weight is 605 g/mol. The molecule has 0 bridgehead atoms. The Hall–Kier alpha value is -3.35. The number of aryl methyl sites for hydroxylation is 1. The molecule has 0 saturated heterocycles. The molecule has 1 aliphatic rings. The number of hydrogen-bond acceptors (Lipinski definition) is 0. The second-order valence-electron chi connectivity index (χ2n) is 12.2. The Morgan fingerprint density at radius 3 is 2.16 bits per heavy atom. The van der Waals surface area contributed by atoms with Crippen molar-refractivity contribution in [1.82, 2.24) is 0 Å². The van der Waals surface area contributed by atoms with E-state index in [4.69, 9.17) is 11.6 Å². The summed E-state index contributed by atoms with van der Waals surface area (Å²) in [7, 11) is 0. The Kier molecular flexibility index (Phi) is 14.7. The molecule has 0 radical (unpaired) electrons. The van der Waals surface area contributed by atoms with Crippen molar-refractivity contribution >= 4 is 22.7 Å². The number of benzene rings is 2. The number of allylic oxidation sites excluding steroid dienone is 16. The maximum absolute atomic E-state index is 6.26. The van der Waals surface area contributed by atoms with Crippen LogP contribution in [0.5, 0.6) is 0 Å². The topological polar surface area (TPSA) is 0 Å². The normalized spacial score (nSPS) is 16.7. The lowest BCUT2D eigenvalue weighted by atomic mass is 9.76. The molecular formula is C43H53Cl. The zero-order chi connectivity index (χ0) is 31.9. The Morgan fingerprint density at radius 2 is 1.59 bits per heavy atom. The summed E-state index contributed by atoms with van der Waals surface area (Å²) in [5.41, 5.74) is 10.7. The van der Waals surface area contributed by atoms with E-state index in [-0.39, 0.29) is 0 Å². The van der Waals surface area contributed by atoms with Gasteiger partial charge < -0.3 is 0 Å². The summed E-state index contributed by atoms with van der Waals surface area (Å²) in [6.07, 6.45) is 30.5. The van der Waals surface area contributed by atoms with E-state index in [1.807, 2.05) is 12.1 Å². The fourth-order valence-electron chi connectivity index (χ4n) is 6.14. The Labute approximate surface area is 274 Å². The summed E-state index contributed by atoms with van der Waals surface area (Å²) >= 11 is 6.26. The fraction of sp³-hybridized carbons (Fsp3) is 0.349. The van der Waals surface area contributed by atoms with Crippen LogP contribution >= 0.6 is 11.6 Å². The summed E-state index contributed by atoms with van der Waals surface area (Å²) < 4.78 is 0. The molecule has 0 aromatic heterocycles. The molecule has 0 heterocycles. The predicted octanol–water partition coefficient (Wildman–Crippen LogP) is 13.4. The first-order valence-corrected chi connectivity index (χ1v) is 16.9. The van der Waals surface area contributed by atoms with Gasteiger partial charge in [-0.3, -0.25) is 0 Å². The minimum absolute atomic E-state index is 0.358. The van der Waals surface area contributed by atoms with Gasteiger partial charge in [0.2, 0.25) is 0 Å². The van der Waals surface area contributed by atoms with E-state index in [2.05, 4.69) is 152 Å². The molecule has 0 N–H and O–H groups in total. The van der Waals surface area contributed by atoms with Crippen LogP contribution in [0.2, 0.25) is 5.02 Å². The van der Waals surface area contributed by atoms with E-state index in [1.54, 1.807) is 5.57 Å². The third kappa shape index (κ3) is 10.4. The first-order chi connectivity index (χ1) is 21.3. The number of halogens is 1. The van der Waals surface area contributed by atoms with E-state index in [9.17, 15) is 0 Å². The molecule has 0 spiro atoms. The Bertz CT molecular complexity index is 1430. The summed E-state index contributed by atoms with van der Waals surface area (Å²) in [6, 6.07) is 17.5. The SMILES string of the molecule is C\C=C/C=C\C(=C\C(=CC(C)C)C(C)CC(C1=CC=CCC1)/C(=C\C)c1ccc(CCC)cc1)C(=C/C)\c1ccc(Cl)cc1. The van der Waals surface area contributed by atoms with Gasteiger partial charge in [-0.2, -0.15) is 0 Å². The van der Waals surface area contributed by atoms with Crippen LogP contribution in [-0.2, 0) is 6.42 Å². The molecule has 0 fully saturated rings. The quantitative estimate of drug-likeness (QED) is 0.188. The Morgan fingerprint density at radius 1 is 0.886 bits per heavy atom. The molecule has 44 heavy (non-hydrogen) atoms. The van der Waals surface area contributed by atoms with Crippen LogP contribution in [0.1, 0.15) is 90.8 Å². The maximum Gasteiger partial charge on any atom is 0.0406 e. The van der Waals surface area contributed by atoms with Gasteiger partial charge in [-0.25, -0.2) is 0 Å². The van der Waals surface area contributed by atoms with Crippen molar-refractivity contribution in [3.63, 3.8) is 0 Å². The van der Waals surface area contributed by atoms with Gasteiger partial charge in [0.15, 0.2) is 0 Å². The lowest BCUT2D eigenvalue weighted by Crippen LogP contribution is -2.14. The van der Waals surface area contributed by atoms with Gasteiger partial charge in [-0.15, -0.1) is 0 Å². The van der Waals surface area contributed by atoms with Gasteiger partial charge in [0.25, 0.3) is 0 Å². The number of rotatable bonds is 14. The van der Waals surface area contributed by atoms with Crippen molar-refractivity contribution in [2.75, 3.05) is 0 Å². The molecule has 0 aliphatic heterocycles. The van der Waals surface area contributed by atoms with Gasteiger partial charge in [-0.05, 0) is 109 Å². The van der Waals surface area contributed by atoms with Crippen LogP contribution in [0.4, 0.5) is 0 Å². The molecule has 2 aromatic rings. The van der Waals surface area contributed by atoms with E-state index in [0.29, 0.717) is 17.8 Å². The van der Waals surface area contributed by atoms with Crippen LogP contribution in [0.25, 0.3) is 11.1 Å². The molecule has 0 saturated carbocycles.